The second kappa shape index (κ2) is 5.66. The topological polar surface area (TPSA) is 72.7 Å². The first-order chi connectivity index (χ1) is 10.2. The maximum Gasteiger partial charge on any atom is 0.200 e. The van der Waals surface area contributed by atoms with E-state index in [-0.39, 0.29) is 17.5 Å². The normalized spacial score (nSPS) is 15.8. The number of phenolic OH excluding ortho intramolecular Hbond substituents is 3. The van der Waals surface area contributed by atoms with Crippen molar-refractivity contribution in [2.45, 2.75) is 25.4 Å². The molecule has 1 atom stereocenters. The molecule has 3 rings (SSSR count). The van der Waals surface area contributed by atoms with Crippen LogP contribution in [-0.2, 0) is 6.54 Å². The Morgan fingerprint density at radius 1 is 0.952 bits per heavy atom. The maximum atomic E-state index is 9.87. The van der Waals surface area contributed by atoms with Crippen LogP contribution in [0.1, 0.15) is 30.0 Å². The Balaban J connectivity index is 1.75. The second-order valence-electron chi connectivity index (χ2n) is 5.55. The molecule has 0 heterocycles. The molecule has 0 amide bonds. The molecule has 1 aliphatic carbocycles. The van der Waals surface area contributed by atoms with Crippen molar-refractivity contribution in [1.82, 2.24) is 5.32 Å². The third kappa shape index (κ3) is 2.95. The summed E-state index contributed by atoms with van der Waals surface area (Å²) in [6, 6.07) is 13.5. The second-order valence-corrected chi connectivity index (χ2v) is 5.55. The molecule has 1 saturated carbocycles. The van der Waals surface area contributed by atoms with E-state index in [0.29, 0.717) is 18.0 Å². The van der Waals surface area contributed by atoms with E-state index in [9.17, 15) is 15.3 Å². The molecule has 1 unspecified atom stereocenters. The standard InChI is InChI=1S/C17H19NO3/c19-14-9-8-13(16(20)17(14)21)10-18-15(12-6-7-12)11-4-2-1-3-5-11/h1-5,8-9,12,15,18-21H,6-7,10H2. The number of hydrogen-bond donors (Lipinski definition) is 4. The molecule has 0 radical (unpaired) electrons. The van der Waals surface area contributed by atoms with Crippen molar-refractivity contribution in [1.29, 1.82) is 0 Å². The zero-order chi connectivity index (χ0) is 14.8. The van der Waals surface area contributed by atoms with E-state index in [2.05, 4.69) is 17.4 Å². The maximum absolute atomic E-state index is 9.87. The van der Waals surface area contributed by atoms with Gasteiger partial charge in [-0.2, -0.15) is 0 Å². The Kier molecular flexibility index (Phi) is 3.71. The Hall–Kier alpha value is -2.20. The van der Waals surface area contributed by atoms with E-state index < -0.39 is 5.75 Å². The number of rotatable bonds is 5. The van der Waals surface area contributed by atoms with Gasteiger partial charge in [0.05, 0.1) is 0 Å². The van der Waals surface area contributed by atoms with Crippen molar-refractivity contribution < 1.29 is 15.3 Å². The van der Waals surface area contributed by atoms with Crippen LogP contribution in [0.3, 0.4) is 0 Å². The highest BCUT2D eigenvalue weighted by atomic mass is 16.3. The first kappa shape index (κ1) is 13.8. The van der Waals surface area contributed by atoms with Crippen LogP contribution < -0.4 is 5.32 Å². The summed E-state index contributed by atoms with van der Waals surface area (Å²) in [7, 11) is 0. The van der Waals surface area contributed by atoms with Crippen molar-refractivity contribution in [3.05, 3.63) is 53.6 Å². The van der Waals surface area contributed by atoms with Gasteiger partial charge in [0.15, 0.2) is 11.5 Å². The predicted octanol–water partition coefficient (Wildman–Crippen LogP) is 3.04. The van der Waals surface area contributed by atoms with Crippen LogP contribution in [0.15, 0.2) is 42.5 Å². The van der Waals surface area contributed by atoms with Crippen LogP contribution in [0.25, 0.3) is 0 Å². The van der Waals surface area contributed by atoms with E-state index in [1.54, 1.807) is 6.07 Å². The van der Waals surface area contributed by atoms with Crippen LogP contribution >= 0.6 is 0 Å². The molecular formula is C17H19NO3. The molecule has 0 aliphatic heterocycles. The molecule has 2 aromatic carbocycles. The predicted molar refractivity (Wildman–Crippen MR) is 80.2 cm³/mol. The molecule has 0 spiro atoms. The van der Waals surface area contributed by atoms with Gasteiger partial charge in [0.1, 0.15) is 0 Å². The average molecular weight is 285 g/mol. The first-order valence-electron chi connectivity index (χ1n) is 7.18. The number of benzene rings is 2. The van der Waals surface area contributed by atoms with Crippen LogP contribution in [0.4, 0.5) is 0 Å². The fourth-order valence-electron chi connectivity index (χ4n) is 2.62. The lowest BCUT2D eigenvalue weighted by Crippen LogP contribution is -2.22. The quantitative estimate of drug-likeness (QED) is 0.637. The van der Waals surface area contributed by atoms with Crippen molar-refractivity contribution in [2.75, 3.05) is 0 Å². The van der Waals surface area contributed by atoms with Gasteiger partial charge >= 0.3 is 0 Å². The first-order valence-corrected chi connectivity index (χ1v) is 7.18. The van der Waals surface area contributed by atoms with E-state index in [1.165, 1.54) is 24.5 Å². The minimum atomic E-state index is -0.461. The number of nitrogens with one attached hydrogen (secondary N) is 1. The Labute approximate surface area is 123 Å². The highest BCUT2D eigenvalue weighted by molar-refractivity contribution is 5.53. The summed E-state index contributed by atoms with van der Waals surface area (Å²) in [6.45, 7) is 0.440. The zero-order valence-electron chi connectivity index (χ0n) is 11.7. The lowest BCUT2D eigenvalue weighted by Gasteiger charge is -2.19. The van der Waals surface area contributed by atoms with Gasteiger partial charge in [0.25, 0.3) is 0 Å². The van der Waals surface area contributed by atoms with E-state index in [4.69, 9.17) is 0 Å². The van der Waals surface area contributed by atoms with Gasteiger partial charge in [0, 0.05) is 18.2 Å². The zero-order valence-corrected chi connectivity index (χ0v) is 11.7. The van der Waals surface area contributed by atoms with Crippen LogP contribution in [0.5, 0.6) is 17.2 Å². The molecule has 4 heteroatoms. The fraction of sp³-hybridized carbons (Fsp3) is 0.294. The summed E-state index contributed by atoms with van der Waals surface area (Å²) in [4.78, 5) is 0. The van der Waals surface area contributed by atoms with E-state index >= 15 is 0 Å². The molecule has 4 nitrogen and oxygen atoms in total. The highest BCUT2D eigenvalue weighted by Gasteiger charge is 2.32. The molecular weight excluding hydrogens is 266 g/mol. The van der Waals surface area contributed by atoms with Crippen molar-refractivity contribution in [2.24, 2.45) is 5.92 Å². The molecule has 4 N–H and O–H groups in total. The molecule has 1 aliphatic rings. The third-order valence-electron chi connectivity index (χ3n) is 3.98. The largest absolute Gasteiger partial charge is 0.504 e. The third-order valence-corrected chi connectivity index (χ3v) is 3.98. The lowest BCUT2D eigenvalue weighted by atomic mass is 10.0. The van der Waals surface area contributed by atoms with Crippen LogP contribution in [0, 0.1) is 5.92 Å². The van der Waals surface area contributed by atoms with E-state index in [1.807, 2.05) is 18.2 Å². The monoisotopic (exact) mass is 285 g/mol. The average Bonchev–Trinajstić information content (AvgIpc) is 3.33. The summed E-state index contributed by atoms with van der Waals surface area (Å²) in [5.41, 5.74) is 1.81. The van der Waals surface area contributed by atoms with Gasteiger partial charge in [-0.1, -0.05) is 36.4 Å². The van der Waals surface area contributed by atoms with E-state index in [0.717, 1.165) is 0 Å². The molecule has 2 aromatic rings. The molecule has 1 fully saturated rings. The molecule has 0 bridgehead atoms. The van der Waals surface area contributed by atoms with Gasteiger partial charge in [0.2, 0.25) is 5.75 Å². The highest BCUT2D eigenvalue weighted by Crippen LogP contribution is 2.42. The number of hydrogen-bond acceptors (Lipinski definition) is 4. The Bertz CT molecular complexity index is 623. The van der Waals surface area contributed by atoms with Crippen molar-refractivity contribution >= 4 is 0 Å². The van der Waals surface area contributed by atoms with Gasteiger partial charge in [-0.3, -0.25) is 0 Å². The molecule has 0 saturated heterocycles. The fourth-order valence-corrected chi connectivity index (χ4v) is 2.62. The smallest absolute Gasteiger partial charge is 0.200 e. The van der Waals surface area contributed by atoms with Gasteiger partial charge in [-0.25, -0.2) is 0 Å². The number of phenols is 3. The van der Waals surface area contributed by atoms with Crippen LogP contribution in [0.2, 0.25) is 0 Å². The van der Waals surface area contributed by atoms with Gasteiger partial charge in [-0.05, 0) is 30.4 Å². The minimum absolute atomic E-state index is 0.251. The lowest BCUT2D eigenvalue weighted by molar-refractivity contribution is 0.362. The molecule has 110 valence electrons. The Morgan fingerprint density at radius 3 is 2.33 bits per heavy atom. The number of aromatic hydroxyl groups is 3. The summed E-state index contributed by atoms with van der Waals surface area (Å²) in [6.07, 6.45) is 2.42. The van der Waals surface area contributed by atoms with Crippen molar-refractivity contribution in [3.63, 3.8) is 0 Å². The van der Waals surface area contributed by atoms with Crippen LogP contribution in [-0.4, -0.2) is 15.3 Å². The summed E-state index contributed by atoms with van der Waals surface area (Å²) in [5, 5.41) is 32.2. The van der Waals surface area contributed by atoms with Crippen molar-refractivity contribution in [3.8, 4) is 17.2 Å². The summed E-state index contributed by atoms with van der Waals surface area (Å²) >= 11 is 0. The summed E-state index contributed by atoms with van der Waals surface area (Å²) < 4.78 is 0. The van der Waals surface area contributed by atoms with Gasteiger partial charge < -0.3 is 20.6 Å². The molecule has 21 heavy (non-hydrogen) atoms. The minimum Gasteiger partial charge on any atom is -0.504 e. The SMILES string of the molecule is Oc1ccc(CNC(c2ccccc2)C2CC2)c(O)c1O. The Morgan fingerprint density at radius 2 is 1.67 bits per heavy atom. The summed E-state index contributed by atoms with van der Waals surface area (Å²) in [5.74, 6) is -0.402. The molecule has 0 aromatic heterocycles. The van der Waals surface area contributed by atoms with Gasteiger partial charge in [-0.15, -0.1) is 0 Å².